The van der Waals surface area contributed by atoms with Crippen molar-refractivity contribution in [3.63, 3.8) is 0 Å². The van der Waals surface area contributed by atoms with Gasteiger partial charge in [0.2, 0.25) is 11.3 Å². The van der Waals surface area contributed by atoms with Crippen LogP contribution in [0.4, 0.5) is 0 Å². The molecule has 1 aromatic rings. The molecule has 2 rings (SSSR count). The van der Waals surface area contributed by atoms with Crippen molar-refractivity contribution in [3.05, 3.63) is 29.8 Å². The summed E-state index contributed by atoms with van der Waals surface area (Å²) in [5, 5.41) is 0. The first-order valence-corrected chi connectivity index (χ1v) is 7.08. The van der Waals surface area contributed by atoms with E-state index in [1.54, 1.807) is 14.0 Å². The van der Waals surface area contributed by atoms with Crippen LogP contribution in [-0.4, -0.2) is 40.8 Å². The van der Waals surface area contributed by atoms with E-state index in [0.717, 1.165) is 11.3 Å². The molecule has 1 aromatic carbocycles. The van der Waals surface area contributed by atoms with Crippen molar-refractivity contribution in [2.24, 2.45) is 0 Å². The van der Waals surface area contributed by atoms with Crippen molar-refractivity contribution >= 4 is 17.2 Å². The highest BCUT2D eigenvalue weighted by Crippen LogP contribution is 2.29. The van der Waals surface area contributed by atoms with E-state index in [4.69, 9.17) is 13.7 Å². The van der Waals surface area contributed by atoms with Crippen LogP contribution in [0.15, 0.2) is 24.3 Å². The van der Waals surface area contributed by atoms with Gasteiger partial charge in [-0.3, -0.25) is 4.18 Å². The highest BCUT2D eigenvalue weighted by molar-refractivity contribution is 7.78. The summed E-state index contributed by atoms with van der Waals surface area (Å²) in [7, 11) is 2.90. The summed E-state index contributed by atoms with van der Waals surface area (Å²) in [5.41, 5.74) is -0.140. The van der Waals surface area contributed by atoms with Crippen molar-refractivity contribution in [2.75, 3.05) is 20.8 Å². The van der Waals surface area contributed by atoms with Crippen LogP contribution in [-0.2, 0) is 31.5 Å². The number of benzene rings is 1. The van der Waals surface area contributed by atoms with Crippen LogP contribution in [0.2, 0.25) is 0 Å². The fourth-order valence-electron chi connectivity index (χ4n) is 1.97. The molecular weight excluding hydrogens is 282 g/mol. The Kier molecular flexibility index (Phi) is 4.42. The summed E-state index contributed by atoms with van der Waals surface area (Å²) < 4.78 is 28.4. The molecule has 1 heterocycles. The van der Waals surface area contributed by atoms with Gasteiger partial charge >= 0.3 is 5.97 Å². The number of methoxy groups -OCH3 is 2. The van der Waals surface area contributed by atoms with Gasteiger partial charge in [0.25, 0.3) is 0 Å². The van der Waals surface area contributed by atoms with Crippen molar-refractivity contribution < 1.29 is 22.7 Å². The zero-order valence-electron chi connectivity index (χ0n) is 11.6. The van der Waals surface area contributed by atoms with E-state index in [2.05, 4.69) is 0 Å². The Bertz CT molecular complexity index is 518. The first kappa shape index (κ1) is 15.0. The molecule has 0 saturated carbocycles. The van der Waals surface area contributed by atoms with Gasteiger partial charge in [0.15, 0.2) is 5.54 Å². The molecule has 1 saturated heterocycles. The average molecular weight is 299 g/mol. The van der Waals surface area contributed by atoms with Crippen LogP contribution in [0.5, 0.6) is 5.75 Å². The number of ether oxygens (including phenoxy) is 2. The fourth-order valence-corrected chi connectivity index (χ4v) is 3.14. The van der Waals surface area contributed by atoms with Crippen LogP contribution < -0.4 is 4.74 Å². The van der Waals surface area contributed by atoms with Gasteiger partial charge in [0, 0.05) is 6.54 Å². The number of hydrogen-bond donors (Lipinski definition) is 0. The lowest BCUT2D eigenvalue weighted by Gasteiger charge is -2.27. The van der Waals surface area contributed by atoms with Gasteiger partial charge in [-0.1, -0.05) is 12.1 Å². The predicted molar refractivity (Wildman–Crippen MR) is 73.1 cm³/mol. The zero-order valence-corrected chi connectivity index (χ0v) is 12.4. The zero-order chi connectivity index (χ0) is 14.8. The van der Waals surface area contributed by atoms with E-state index < -0.39 is 22.8 Å². The summed E-state index contributed by atoms with van der Waals surface area (Å²) >= 11 is -1.66. The summed E-state index contributed by atoms with van der Waals surface area (Å²) in [5.74, 6) is 0.278. The molecule has 1 fully saturated rings. The van der Waals surface area contributed by atoms with E-state index in [0.29, 0.717) is 6.54 Å². The maximum atomic E-state index is 11.9. The summed E-state index contributed by atoms with van der Waals surface area (Å²) in [6.07, 6.45) is 0. The molecule has 0 bridgehead atoms. The Morgan fingerprint density at radius 1 is 1.40 bits per heavy atom. The number of rotatable bonds is 4. The van der Waals surface area contributed by atoms with E-state index in [1.807, 2.05) is 24.3 Å². The van der Waals surface area contributed by atoms with Crippen molar-refractivity contribution in [1.82, 2.24) is 4.31 Å². The van der Waals surface area contributed by atoms with E-state index in [1.165, 1.54) is 11.4 Å². The molecule has 0 radical (unpaired) electrons. The van der Waals surface area contributed by atoms with Gasteiger partial charge in [-0.25, -0.2) is 9.00 Å². The summed E-state index contributed by atoms with van der Waals surface area (Å²) in [4.78, 5) is 11.9. The molecule has 2 unspecified atom stereocenters. The van der Waals surface area contributed by atoms with Crippen molar-refractivity contribution in [1.29, 1.82) is 0 Å². The highest BCUT2D eigenvalue weighted by atomic mass is 32.2. The Labute approximate surface area is 120 Å². The van der Waals surface area contributed by atoms with E-state index >= 15 is 0 Å². The minimum absolute atomic E-state index is 0.0441. The third-order valence-electron chi connectivity index (χ3n) is 3.28. The van der Waals surface area contributed by atoms with Crippen LogP contribution in [0.1, 0.15) is 12.5 Å². The molecular formula is C13H17NO5S. The second-order valence-electron chi connectivity index (χ2n) is 4.63. The molecule has 110 valence electrons. The molecule has 20 heavy (non-hydrogen) atoms. The number of carbonyl (C=O) groups is 1. The van der Waals surface area contributed by atoms with Crippen LogP contribution in [0, 0.1) is 0 Å². The molecule has 6 nitrogen and oxygen atoms in total. The van der Waals surface area contributed by atoms with Crippen LogP contribution in [0.25, 0.3) is 0 Å². The number of esters is 1. The van der Waals surface area contributed by atoms with Gasteiger partial charge in [-0.15, -0.1) is 0 Å². The summed E-state index contributed by atoms with van der Waals surface area (Å²) in [6.45, 7) is 2.03. The lowest BCUT2D eigenvalue weighted by atomic mass is 10.0. The fraction of sp³-hybridized carbons (Fsp3) is 0.462. The Hall–Kier alpha value is -1.44. The Morgan fingerprint density at radius 3 is 2.60 bits per heavy atom. The topological polar surface area (TPSA) is 65.1 Å². The third kappa shape index (κ3) is 2.70. The van der Waals surface area contributed by atoms with Gasteiger partial charge in [0.1, 0.15) is 5.75 Å². The van der Waals surface area contributed by atoms with Gasteiger partial charge in [0.05, 0.1) is 20.8 Å². The van der Waals surface area contributed by atoms with Gasteiger partial charge in [-0.2, -0.15) is 4.31 Å². The van der Waals surface area contributed by atoms with Crippen LogP contribution in [0.3, 0.4) is 0 Å². The molecule has 2 atom stereocenters. The Morgan fingerprint density at radius 2 is 2.05 bits per heavy atom. The lowest BCUT2D eigenvalue weighted by molar-refractivity contribution is -0.151. The quantitative estimate of drug-likeness (QED) is 0.777. The molecule has 0 aliphatic carbocycles. The minimum atomic E-state index is -1.66. The smallest absolute Gasteiger partial charge is 0.329 e. The van der Waals surface area contributed by atoms with Crippen LogP contribution >= 0.6 is 0 Å². The minimum Gasteiger partial charge on any atom is -0.497 e. The monoisotopic (exact) mass is 299 g/mol. The number of hydrogen-bond acceptors (Lipinski definition) is 5. The maximum absolute atomic E-state index is 11.9. The molecule has 1 aliphatic heterocycles. The second kappa shape index (κ2) is 5.90. The number of carbonyl (C=O) groups excluding carboxylic acids is 1. The average Bonchev–Trinajstić information content (AvgIpc) is 2.76. The first-order chi connectivity index (χ1) is 9.51. The molecule has 7 heteroatoms. The van der Waals surface area contributed by atoms with Gasteiger partial charge in [-0.05, 0) is 24.6 Å². The molecule has 0 aromatic heterocycles. The molecule has 0 N–H and O–H groups in total. The standard InChI is InChI=1S/C13H17NO5S/c1-13(12(15)18-3)9-19-20(16)14(13)8-10-4-6-11(17-2)7-5-10/h4-7H,8-9H2,1-3H3. The number of nitrogens with zero attached hydrogens (tertiary/aromatic N) is 1. The largest absolute Gasteiger partial charge is 0.497 e. The molecule has 0 spiro atoms. The van der Waals surface area contributed by atoms with Gasteiger partial charge < -0.3 is 9.47 Å². The third-order valence-corrected chi connectivity index (χ3v) is 4.49. The molecule has 0 amide bonds. The Balaban J connectivity index is 2.20. The lowest BCUT2D eigenvalue weighted by Crippen LogP contribution is -2.50. The second-order valence-corrected chi connectivity index (χ2v) is 5.74. The summed E-state index contributed by atoms with van der Waals surface area (Å²) in [6, 6.07) is 7.33. The van der Waals surface area contributed by atoms with E-state index in [9.17, 15) is 9.00 Å². The van der Waals surface area contributed by atoms with Crippen molar-refractivity contribution in [3.8, 4) is 5.75 Å². The van der Waals surface area contributed by atoms with E-state index in [-0.39, 0.29) is 6.61 Å². The van der Waals surface area contributed by atoms with Crippen molar-refractivity contribution in [2.45, 2.75) is 19.0 Å². The first-order valence-electron chi connectivity index (χ1n) is 6.05. The maximum Gasteiger partial charge on any atom is 0.329 e. The predicted octanol–water partition coefficient (Wildman–Crippen LogP) is 1.04. The normalized spacial score (nSPS) is 26.4. The molecule has 1 aliphatic rings. The highest BCUT2D eigenvalue weighted by Gasteiger charge is 2.50. The SMILES string of the molecule is COC(=O)C1(C)COS(=O)N1Cc1ccc(OC)cc1.